The van der Waals surface area contributed by atoms with Crippen LogP contribution in [0.2, 0.25) is 0 Å². The first-order valence-electron chi connectivity index (χ1n) is 6.18. The van der Waals surface area contributed by atoms with Crippen molar-refractivity contribution >= 4 is 9.84 Å². The van der Waals surface area contributed by atoms with Crippen LogP contribution < -0.4 is 0 Å². The molecule has 2 bridgehead atoms. The van der Waals surface area contributed by atoms with Gasteiger partial charge in [-0.1, -0.05) is 13.8 Å². The van der Waals surface area contributed by atoms with E-state index in [1.165, 1.54) is 19.3 Å². The van der Waals surface area contributed by atoms with Crippen LogP contribution in [0.1, 0.15) is 33.1 Å². The van der Waals surface area contributed by atoms with E-state index in [-0.39, 0.29) is 23.5 Å². The minimum Gasteiger partial charge on any atom is -0.395 e. The van der Waals surface area contributed by atoms with E-state index in [9.17, 15) is 8.42 Å². The van der Waals surface area contributed by atoms with Crippen LogP contribution in [0.5, 0.6) is 0 Å². The Morgan fingerprint density at radius 1 is 1.31 bits per heavy atom. The summed E-state index contributed by atoms with van der Waals surface area (Å²) in [5.41, 5.74) is 0.172. The van der Waals surface area contributed by atoms with Gasteiger partial charge < -0.3 is 5.11 Å². The second-order valence-corrected chi connectivity index (χ2v) is 8.26. The maximum atomic E-state index is 11.8. The maximum Gasteiger partial charge on any atom is 0.152 e. The Morgan fingerprint density at radius 3 is 2.50 bits per heavy atom. The summed E-state index contributed by atoms with van der Waals surface area (Å²) in [6.45, 7) is 4.19. The Balaban J connectivity index is 2.11. The van der Waals surface area contributed by atoms with Crippen LogP contribution in [0.15, 0.2) is 0 Å². The Bertz CT molecular complexity index is 358. The molecule has 2 saturated carbocycles. The van der Waals surface area contributed by atoms with E-state index in [1.54, 1.807) is 0 Å². The Hall–Kier alpha value is -0.0900. The zero-order valence-electron chi connectivity index (χ0n) is 10.1. The molecule has 2 aliphatic rings. The van der Waals surface area contributed by atoms with E-state index in [2.05, 4.69) is 13.8 Å². The number of fused-ring (bicyclic) bond motifs is 2. The quantitative estimate of drug-likeness (QED) is 0.817. The summed E-state index contributed by atoms with van der Waals surface area (Å²) in [6.07, 6.45) is 3.69. The van der Waals surface area contributed by atoms with Crippen molar-refractivity contribution in [1.82, 2.24) is 0 Å². The van der Waals surface area contributed by atoms with Crippen LogP contribution in [-0.4, -0.2) is 31.6 Å². The zero-order chi connectivity index (χ0) is 12.0. The number of hydrogen-bond acceptors (Lipinski definition) is 3. The molecule has 2 fully saturated rings. The van der Waals surface area contributed by atoms with Crippen molar-refractivity contribution in [3.63, 3.8) is 0 Å². The van der Waals surface area contributed by atoms with Gasteiger partial charge >= 0.3 is 0 Å². The monoisotopic (exact) mass is 246 g/mol. The summed E-state index contributed by atoms with van der Waals surface area (Å²) in [7, 11) is -3.06. The number of aliphatic hydroxyl groups is 1. The van der Waals surface area contributed by atoms with Gasteiger partial charge in [-0.3, -0.25) is 0 Å². The third-order valence-electron chi connectivity index (χ3n) is 4.89. The summed E-state index contributed by atoms with van der Waals surface area (Å²) in [5, 5.41) is 8.76. The highest BCUT2D eigenvalue weighted by Crippen LogP contribution is 2.59. The highest BCUT2D eigenvalue weighted by molar-refractivity contribution is 7.91. The Morgan fingerprint density at radius 2 is 2.00 bits per heavy atom. The molecule has 0 spiro atoms. The number of sulfone groups is 1. The second-order valence-electron chi connectivity index (χ2n) is 6.04. The largest absolute Gasteiger partial charge is 0.395 e. The summed E-state index contributed by atoms with van der Waals surface area (Å²) < 4.78 is 23.6. The van der Waals surface area contributed by atoms with Gasteiger partial charge in [0.2, 0.25) is 0 Å². The van der Waals surface area contributed by atoms with Crippen molar-refractivity contribution in [2.45, 2.75) is 33.1 Å². The minimum atomic E-state index is -3.06. The molecule has 16 heavy (non-hydrogen) atoms. The third-order valence-corrected chi connectivity index (χ3v) is 6.56. The van der Waals surface area contributed by atoms with Crippen molar-refractivity contribution in [1.29, 1.82) is 0 Å². The molecule has 0 amide bonds. The summed E-state index contributed by atoms with van der Waals surface area (Å²) in [4.78, 5) is 0. The van der Waals surface area contributed by atoms with Crippen molar-refractivity contribution in [3.05, 3.63) is 0 Å². The standard InChI is InChI=1S/C12H22O3S/c1-12(2)10-4-3-9(7-10)11(12)8-16(14,15)6-5-13/h9-11,13H,3-8H2,1-2H3. The van der Waals surface area contributed by atoms with E-state index in [4.69, 9.17) is 5.11 Å². The molecular formula is C12H22O3S. The van der Waals surface area contributed by atoms with Crippen LogP contribution in [0.25, 0.3) is 0 Å². The Kier molecular flexibility index (Phi) is 3.08. The average Bonchev–Trinajstić information content (AvgIpc) is 2.68. The average molecular weight is 246 g/mol. The summed E-state index contributed by atoms with van der Waals surface area (Å²) in [6, 6.07) is 0. The SMILES string of the molecule is CC1(C)C2CCC(C2)C1CS(=O)(=O)CCO. The van der Waals surface area contributed by atoms with E-state index in [1.807, 2.05) is 0 Å². The van der Waals surface area contributed by atoms with Crippen molar-refractivity contribution in [3.8, 4) is 0 Å². The first-order valence-corrected chi connectivity index (χ1v) is 8.00. The Labute approximate surface area is 98.2 Å². The summed E-state index contributed by atoms with van der Waals surface area (Å²) in [5.74, 6) is 1.83. The van der Waals surface area contributed by atoms with Gasteiger partial charge in [-0.2, -0.15) is 0 Å². The van der Waals surface area contributed by atoms with Crippen LogP contribution >= 0.6 is 0 Å². The lowest BCUT2D eigenvalue weighted by Crippen LogP contribution is -2.36. The molecule has 94 valence electrons. The molecule has 0 aromatic heterocycles. The number of hydrogen-bond donors (Lipinski definition) is 1. The fraction of sp³-hybridized carbons (Fsp3) is 1.00. The van der Waals surface area contributed by atoms with Crippen molar-refractivity contribution in [2.75, 3.05) is 18.1 Å². The van der Waals surface area contributed by atoms with Crippen molar-refractivity contribution < 1.29 is 13.5 Å². The molecule has 0 aromatic rings. The lowest BCUT2D eigenvalue weighted by Gasteiger charge is -2.38. The molecule has 3 unspecified atom stereocenters. The predicted octanol–water partition coefficient (Wildman–Crippen LogP) is 1.47. The molecule has 0 aliphatic heterocycles. The van der Waals surface area contributed by atoms with E-state index < -0.39 is 9.84 Å². The highest BCUT2D eigenvalue weighted by atomic mass is 32.2. The van der Waals surface area contributed by atoms with Crippen LogP contribution in [0.4, 0.5) is 0 Å². The molecule has 3 atom stereocenters. The third kappa shape index (κ3) is 2.02. The second kappa shape index (κ2) is 3.98. The fourth-order valence-electron chi connectivity index (χ4n) is 3.81. The first kappa shape index (κ1) is 12.4. The topological polar surface area (TPSA) is 54.4 Å². The van der Waals surface area contributed by atoms with Crippen molar-refractivity contribution in [2.24, 2.45) is 23.2 Å². The van der Waals surface area contributed by atoms with Crippen LogP contribution in [-0.2, 0) is 9.84 Å². The zero-order valence-corrected chi connectivity index (χ0v) is 11.0. The molecule has 4 heteroatoms. The molecule has 2 aliphatic carbocycles. The van der Waals surface area contributed by atoms with E-state index in [0.717, 1.165) is 0 Å². The van der Waals surface area contributed by atoms with Crippen LogP contribution in [0.3, 0.4) is 0 Å². The van der Waals surface area contributed by atoms with E-state index in [0.29, 0.717) is 17.8 Å². The van der Waals surface area contributed by atoms with Gasteiger partial charge in [0.1, 0.15) is 0 Å². The lowest BCUT2D eigenvalue weighted by atomic mass is 9.69. The molecule has 0 aromatic carbocycles. The number of aliphatic hydroxyl groups excluding tert-OH is 1. The van der Waals surface area contributed by atoms with Gasteiger partial charge in [0, 0.05) is 0 Å². The molecular weight excluding hydrogens is 224 g/mol. The molecule has 1 N–H and O–H groups in total. The number of rotatable bonds is 4. The van der Waals surface area contributed by atoms with Gasteiger partial charge in [-0.05, 0) is 42.4 Å². The van der Waals surface area contributed by atoms with Gasteiger partial charge in [0.15, 0.2) is 9.84 Å². The molecule has 0 saturated heterocycles. The highest BCUT2D eigenvalue weighted by Gasteiger charge is 2.53. The summed E-state index contributed by atoms with van der Waals surface area (Å²) >= 11 is 0. The van der Waals surface area contributed by atoms with Gasteiger partial charge in [-0.15, -0.1) is 0 Å². The molecule has 0 radical (unpaired) electrons. The minimum absolute atomic E-state index is 0.0725. The van der Waals surface area contributed by atoms with Crippen LogP contribution in [0, 0.1) is 23.2 Å². The smallest absolute Gasteiger partial charge is 0.152 e. The van der Waals surface area contributed by atoms with Gasteiger partial charge in [-0.25, -0.2) is 8.42 Å². The van der Waals surface area contributed by atoms with Gasteiger partial charge in [0.25, 0.3) is 0 Å². The maximum absolute atomic E-state index is 11.8. The lowest BCUT2D eigenvalue weighted by molar-refractivity contribution is 0.139. The first-order chi connectivity index (χ1) is 7.37. The molecule has 3 nitrogen and oxygen atoms in total. The fourth-order valence-corrected chi connectivity index (χ4v) is 5.51. The predicted molar refractivity (Wildman–Crippen MR) is 63.8 cm³/mol. The normalized spacial score (nSPS) is 36.8. The molecule has 0 heterocycles. The molecule has 2 rings (SSSR count). The van der Waals surface area contributed by atoms with Gasteiger partial charge in [0.05, 0.1) is 18.1 Å². The van der Waals surface area contributed by atoms with E-state index >= 15 is 0 Å².